The molecular formula is C18H34N2. The topological polar surface area (TPSA) is 15.3 Å². The number of nitrogens with zero attached hydrogens (tertiary/aromatic N) is 1. The lowest BCUT2D eigenvalue weighted by molar-refractivity contribution is -0.0536. The van der Waals surface area contributed by atoms with Gasteiger partial charge in [-0.1, -0.05) is 45.4 Å². The third-order valence-electron chi connectivity index (χ3n) is 6.55. The summed E-state index contributed by atoms with van der Waals surface area (Å²) in [6.45, 7) is 7.32. The highest BCUT2D eigenvalue weighted by molar-refractivity contribution is 5.06. The van der Waals surface area contributed by atoms with E-state index in [1.807, 2.05) is 0 Å². The zero-order valence-electron chi connectivity index (χ0n) is 13.7. The molecule has 0 aromatic carbocycles. The Balaban J connectivity index is 1.80. The number of nitrogens with one attached hydrogen (secondary N) is 1. The van der Waals surface area contributed by atoms with Crippen LogP contribution in [0, 0.1) is 0 Å². The van der Waals surface area contributed by atoms with Gasteiger partial charge >= 0.3 is 0 Å². The number of rotatable bonds is 2. The van der Waals surface area contributed by atoms with E-state index in [0.29, 0.717) is 11.1 Å². The molecular weight excluding hydrogens is 244 g/mol. The molecule has 1 unspecified atom stereocenters. The van der Waals surface area contributed by atoms with Gasteiger partial charge in [0.15, 0.2) is 0 Å². The van der Waals surface area contributed by atoms with Crippen LogP contribution in [0.1, 0.15) is 84.5 Å². The van der Waals surface area contributed by atoms with Crippen LogP contribution in [0.3, 0.4) is 0 Å². The summed E-state index contributed by atoms with van der Waals surface area (Å²) in [4.78, 5) is 3.01. The number of hydrogen-bond acceptors (Lipinski definition) is 2. The van der Waals surface area contributed by atoms with Crippen molar-refractivity contribution in [1.82, 2.24) is 10.2 Å². The lowest BCUT2D eigenvalue weighted by atomic mass is 9.74. The van der Waals surface area contributed by atoms with Crippen molar-refractivity contribution in [3.8, 4) is 0 Å². The molecule has 2 aliphatic carbocycles. The minimum Gasteiger partial charge on any atom is -0.308 e. The summed E-state index contributed by atoms with van der Waals surface area (Å²) in [5.41, 5.74) is 0.856. The summed E-state index contributed by atoms with van der Waals surface area (Å²) in [5, 5.41) is 3.93. The molecule has 0 aromatic rings. The molecule has 0 aromatic heterocycles. The lowest BCUT2D eigenvalue weighted by Gasteiger charge is -2.58. The minimum absolute atomic E-state index is 0.347. The molecule has 0 amide bonds. The maximum absolute atomic E-state index is 3.93. The molecule has 20 heavy (non-hydrogen) atoms. The first-order valence-corrected chi connectivity index (χ1v) is 9.19. The number of hydrogen-bond donors (Lipinski definition) is 1. The van der Waals surface area contributed by atoms with Gasteiger partial charge in [-0.2, -0.15) is 0 Å². The van der Waals surface area contributed by atoms with Gasteiger partial charge in [0.2, 0.25) is 0 Å². The van der Waals surface area contributed by atoms with Crippen molar-refractivity contribution in [3.63, 3.8) is 0 Å². The van der Waals surface area contributed by atoms with Crippen molar-refractivity contribution in [2.24, 2.45) is 0 Å². The molecule has 1 spiro atoms. The van der Waals surface area contributed by atoms with Crippen molar-refractivity contribution in [2.75, 3.05) is 13.1 Å². The molecule has 3 fully saturated rings. The smallest absolute Gasteiger partial charge is 0.0337 e. The summed E-state index contributed by atoms with van der Waals surface area (Å²) in [6.07, 6.45) is 15.8. The van der Waals surface area contributed by atoms with Crippen LogP contribution in [0.25, 0.3) is 0 Å². The summed E-state index contributed by atoms with van der Waals surface area (Å²) < 4.78 is 0. The van der Waals surface area contributed by atoms with E-state index < -0.39 is 0 Å². The average molecular weight is 278 g/mol. The number of piperazine rings is 1. The van der Waals surface area contributed by atoms with Crippen LogP contribution >= 0.6 is 0 Å². The van der Waals surface area contributed by atoms with Crippen molar-refractivity contribution in [1.29, 1.82) is 0 Å². The average Bonchev–Trinajstić information content (AvgIpc) is 2.52. The fraction of sp³-hybridized carbons (Fsp3) is 1.00. The van der Waals surface area contributed by atoms with Gasteiger partial charge in [-0.05, 0) is 39.0 Å². The Morgan fingerprint density at radius 1 is 1.00 bits per heavy atom. The molecule has 3 aliphatic rings. The van der Waals surface area contributed by atoms with E-state index in [4.69, 9.17) is 0 Å². The monoisotopic (exact) mass is 278 g/mol. The molecule has 2 nitrogen and oxygen atoms in total. The molecule has 0 radical (unpaired) electrons. The fourth-order valence-corrected chi connectivity index (χ4v) is 4.90. The van der Waals surface area contributed by atoms with Crippen molar-refractivity contribution in [3.05, 3.63) is 0 Å². The second kappa shape index (κ2) is 5.96. The van der Waals surface area contributed by atoms with Crippen LogP contribution in [-0.2, 0) is 0 Å². The third-order valence-corrected chi connectivity index (χ3v) is 6.55. The molecule has 0 bridgehead atoms. The van der Waals surface area contributed by atoms with E-state index in [-0.39, 0.29) is 0 Å². The molecule has 1 atom stereocenters. The van der Waals surface area contributed by atoms with Crippen molar-refractivity contribution < 1.29 is 0 Å². The van der Waals surface area contributed by atoms with E-state index in [1.165, 1.54) is 83.7 Å². The van der Waals surface area contributed by atoms with Gasteiger partial charge in [0.05, 0.1) is 0 Å². The summed E-state index contributed by atoms with van der Waals surface area (Å²) in [5.74, 6) is 0. The zero-order chi connectivity index (χ0) is 14.1. The summed E-state index contributed by atoms with van der Waals surface area (Å²) in [7, 11) is 0. The molecule has 1 aliphatic heterocycles. The van der Waals surface area contributed by atoms with E-state index in [9.17, 15) is 0 Å². The molecule has 2 saturated carbocycles. The molecule has 3 rings (SSSR count). The van der Waals surface area contributed by atoms with Crippen LogP contribution in [0.2, 0.25) is 0 Å². The molecule has 1 heterocycles. The quantitative estimate of drug-likeness (QED) is 0.818. The van der Waals surface area contributed by atoms with E-state index in [1.54, 1.807) is 0 Å². The Morgan fingerprint density at radius 3 is 2.30 bits per heavy atom. The van der Waals surface area contributed by atoms with E-state index >= 15 is 0 Å². The Morgan fingerprint density at radius 2 is 1.65 bits per heavy atom. The van der Waals surface area contributed by atoms with Gasteiger partial charge in [-0.3, -0.25) is 4.90 Å². The maximum Gasteiger partial charge on any atom is 0.0337 e. The minimum atomic E-state index is 0.347. The van der Waals surface area contributed by atoms with Crippen LogP contribution in [-0.4, -0.2) is 35.1 Å². The SMILES string of the molecule is CCC1(C)CN(C2CCCCC2)C2(CCCCC2)CN1. The Hall–Kier alpha value is -0.0800. The van der Waals surface area contributed by atoms with Gasteiger partial charge in [0.1, 0.15) is 0 Å². The standard InChI is InChI=1S/C18H34N2/c1-3-17(2)15-20(16-10-6-4-7-11-16)18(14-19-17)12-8-5-9-13-18/h16,19H,3-15H2,1-2H3. The van der Waals surface area contributed by atoms with Crippen molar-refractivity contribution >= 4 is 0 Å². The predicted molar refractivity (Wildman–Crippen MR) is 86.1 cm³/mol. The molecule has 116 valence electrons. The van der Waals surface area contributed by atoms with Gasteiger partial charge in [-0.15, -0.1) is 0 Å². The first-order valence-electron chi connectivity index (χ1n) is 9.19. The first-order chi connectivity index (χ1) is 9.68. The summed E-state index contributed by atoms with van der Waals surface area (Å²) in [6, 6.07) is 0.884. The summed E-state index contributed by atoms with van der Waals surface area (Å²) >= 11 is 0. The molecule has 1 saturated heterocycles. The highest BCUT2D eigenvalue weighted by Gasteiger charge is 2.47. The zero-order valence-corrected chi connectivity index (χ0v) is 13.7. The maximum atomic E-state index is 3.93. The Labute approximate surface area is 125 Å². The largest absolute Gasteiger partial charge is 0.308 e. The Bertz CT molecular complexity index is 315. The van der Waals surface area contributed by atoms with Gasteiger partial charge in [0.25, 0.3) is 0 Å². The Kier molecular flexibility index (Phi) is 4.42. The van der Waals surface area contributed by atoms with E-state index in [0.717, 1.165) is 6.04 Å². The van der Waals surface area contributed by atoms with Crippen LogP contribution in [0.4, 0.5) is 0 Å². The molecule has 1 N–H and O–H groups in total. The van der Waals surface area contributed by atoms with Crippen LogP contribution < -0.4 is 5.32 Å². The fourth-order valence-electron chi connectivity index (χ4n) is 4.90. The van der Waals surface area contributed by atoms with Crippen LogP contribution in [0.5, 0.6) is 0 Å². The van der Waals surface area contributed by atoms with Gasteiger partial charge < -0.3 is 5.32 Å². The van der Waals surface area contributed by atoms with Gasteiger partial charge in [-0.25, -0.2) is 0 Å². The van der Waals surface area contributed by atoms with Gasteiger partial charge in [0, 0.05) is 30.2 Å². The van der Waals surface area contributed by atoms with Crippen molar-refractivity contribution in [2.45, 2.75) is 102 Å². The predicted octanol–water partition coefficient (Wildman–Crippen LogP) is 4.10. The highest BCUT2D eigenvalue weighted by Crippen LogP contribution is 2.41. The van der Waals surface area contributed by atoms with E-state index in [2.05, 4.69) is 24.1 Å². The second-order valence-electron chi connectivity index (χ2n) is 7.97. The highest BCUT2D eigenvalue weighted by atomic mass is 15.3. The normalized spacial score (nSPS) is 36.3. The van der Waals surface area contributed by atoms with Crippen LogP contribution in [0.15, 0.2) is 0 Å². The second-order valence-corrected chi connectivity index (χ2v) is 7.97. The lowest BCUT2D eigenvalue weighted by Crippen LogP contribution is -2.71. The third kappa shape index (κ3) is 2.78. The molecule has 2 heteroatoms. The first kappa shape index (κ1) is 14.8.